The Labute approximate surface area is 115 Å². The number of aliphatic hydroxyl groups excluding tert-OH is 1. The molecule has 2 N–H and O–H groups in total. The number of nitrogens with one attached hydrogen (secondary N) is 1. The number of hydrogen-bond donors (Lipinski definition) is 2. The lowest BCUT2D eigenvalue weighted by Crippen LogP contribution is -2.25. The van der Waals surface area contributed by atoms with Gasteiger partial charge >= 0.3 is 0 Å². The Morgan fingerprint density at radius 1 is 1.37 bits per heavy atom. The van der Waals surface area contributed by atoms with E-state index in [4.69, 9.17) is 11.6 Å². The largest absolute Gasteiger partial charge is 0.391 e. The Morgan fingerprint density at radius 2 is 2.16 bits per heavy atom. The van der Waals surface area contributed by atoms with Crippen LogP contribution >= 0.6 is 11.6 Å². The summed E-state index contributed by atoms with van der Waals surface area (Å²) in [5.74, 6) is 0.848. The molecular weight excluding hydrogens is 268 g/mol. The van der Waals surface area contributed by atoms with Crippen molar-refractivity contribution in [1.82, 2.24) is 24.5 Å². The Kier molecular flexibility index (Phi) is 4.28. The summed E-state index contributed by atoms with van der Waals surface area (Å²) < 4.78 is 1.62. The van der Waals surface area contributed by atoms with E-state index < -0.39 is 6.10 Å². The predicted octanol–water partition coefficient (Wildman–Crippen LogP) is 1.14. The van der Waals surface area contributed by atoms with Crippen molar-refractivity contribution in [2.24, 2.45) is 5.92 Å². The standard InChI is InChI=1S/C11H15ClN6O/c1-7(2)8(19)5-14-10-15-9(12)16-11(17-10)18-4-3-13-6-18/h3-4,6-8,19H,5H2,1-2H3,(H,14,15,16,17). The number of aliphatic hydroxyl groups is 1. The van der Waals surface area contributed by atoms with E-state index in [-0.39, 0.29) is 11.2 Å². The molecule has 0 aliphatic carbocycles. The maximum Gasteiger partial charge on any atom is 0.241 e. The minimum absolute atomic E-state index is 0.0836. The number of anilines is 1. The van der Waals surface area contributed by atoms with Crippen molar-refractivity contribution in [2.45, 2.75) is 20.0 Å². The third-order valence-corrected chi connectivity index (χ3v) is 2.74. The number of imidazole rings is 1. The van der Waals surface area contributed by atoms with Gasteiger partial charge in [0.05, 0.1) is 6.10 Å². The number of rotatable bonds is 5. The van der Waals surface area contributed by atoms with E-state index in [2.05, 4.69) is 25.3 Å². The average Bonchev–Trinajstić information content (AvgIpc) is 2.89. The summed E-state index contributed by atoms with van der Waals surface area (Å²) in [6.07, 6.45) is 4.41. The van der Waals surface area contributed by atoms with E-state index in [0.717, 1.165) is 0 Å². The Bertz CT molecular complexity index is 530. The highest BCUT2D eigenvalue weighted by atomic mass is 35.5. The third-order valence-electron chi connectivity index (χ3n) is 2.57. The minimum Gasteiger partial charge on any atom is -0.391 e. The zero-order valence-corrected chi connectivity index (χ0v) is 11.4. The zero-order chi connectivity index (χ0) is 13.8. The smallest absolute Gasteiger partial charge is 0.241 e. The molecule has 0 fully saturated rings. The predicted molar refractivity (Wildman–Crippen MR) is 71.3 cm³/mol. The third kappa shape index (κ3) is 3.62. The molecule has 1 atom stereocenters. The molecule has 0 bridgehead atoms. The summed E-state index contributed by atoms with van der Waals surface area (Å²) in [5, 5.41) is 12.8. The molecule has 0 amide bonds. The molecule has 8 heteroatoms. The number of aromatic nitrogens is 5. The number of hydrogen-bond acceptors (Lipinski definition) is 6. The molecule has 2 heterocycles. The molecule has 2 aromatic rings. The van der Waals surface area contributed by atoms with Crippen molar-refractivity contribution >= 4 is 17.5 Å². The van der Waals surface area contributed by atoms with Crippen LogP contribution in [-0.4, -0.2) is 42.3 Å². The molecule has 2 aromatic heterocycles. The maximum absolute atomic E-state index is 9.73. The van der Waals surface area contributed by atoms with Gasteiger partial charge in [-0.1, -0.05) is 13.8 Å². The van der Waals surface area contributed by atoms with Crippen LogP contribution in [0.15, 0.2) is 18.7 Å². The second-order valence-electron chi connectivity index (χ2n) is 4.39. The minimum atomic E-state index is -0.479. The highest BCUT2D eigenvalue weighted by Gasteiger charge is 2.11. The van der Waals surface area contributed by atoms with Crippen molar-refractivity contribution in [3.63, 3.8) is 0 Å². The molecule has 0 aromatic carbocycles. The van der Waals surface area contributed by atoms with Crippen LogP contribution < -0.4 is 5.32 Å². The summed E-state index contributed by atoms with van der Waals surface area (Å²) in [7, 11) is 0. The van der Waals surface area contributed by atoms with Crippen LogP contribution in [0.25, 0.3) is 5.95 Å². The van der Waals surface area contributed by atoms with Gasteiger partial charge in [-0.25, -0.2) is 4.98 Å². The molecule has 0 radical (unpaired) electrons. The van der Waals surface area contributed by atoms with Gasteiger partial charge in [0.25, 0.3) is 0 Å². The highest BCUT2D eigenvalue weighted by molar-refractivity contribution is 6.28. The lowest BCUT2D eigenvalue weighted by atomic mass is 10.1. The molecule has 0 aliphatic rings. The lowest BCUT2D eigenvalue weighted by molar-refractivity contribution is 0.137. The van der Waals surface area contributed by atoms with Gasteiger partial charge in [0.15, 0.2) is 0 Å². The van der Waals surface area contributed by atoms with Crippen LogP contribution in [0.4, 0.5) is 5.95 Å². The van der Waals surface area contributed by atoms with Crippen LogP contribution in [0, 0.1) is 5.92 Å². The lowest BCUT2D eigenvalue weighted by Gasteiger charge is -2.15. The first-order chi connectivity index (χ1) is 9.06. The van der Waals surface area contributed by atoms with E-state index >= 15 is 0 Å². The van der Waals surface area contributed by atoms with E-state index in [9.17, 15) is 5.11 Å². The Hall–Kier alpha value is -1.73. The topological polar surface area (TPSA) is 88.8 Å². The SMILES string of the molecule is CC(C)C(O)CNc1nc(Cl)nc(-n2ccnc2)n1. The van der Waals surface area contributed by atoms with E-state index in [1.807, 2.05) is 13.8 Å². The normalized spacial score (nSPS) is 12.7. The number of nitrogens with zero attached hydrogens (tertiary/aromatic N) is 5. The monoisotopic (exact) mass is 282 g/mol. The van der Waals surface area contributed by atoms with Crippen molar-refractivity contribution in [3.05, 3.63) is 24.0 Å². The van der Waals surface area contributed by atoms with E-state index in [0.29, 0.717) is 18.4 Å². The first-order valence-electron chi connectivity index (χ1n) is 5.88. The summed E-state index contributed by atoms with van der Waals surface area (Å²) in [6, 6.07) is 0. The summed E-state index contributed by atoms with van der Waals surface area (Å²) >= 11 is 5.85. The maximum atomic E-state index is 9.73. The fraction of sp³-hybridized carbons (Fsp3) is 0.455. The quantitative estimate of drug-likeness (QED) is 0.855. The molecule has 0 spiro atoms. The van der Waals surface area contributed by atoms with Gasteiger partial charge in [-0.05, 0) is 17.5 Å². The second kappa shape index (κ2) is 5.94. The Morgan fingerprint density at radius 3 is 2.79 bits per heavy atom. The average molecular weight is 283 g/mol. The van der Waals surface area contributed by atoms with Crippen molar-refractivity contribution in [2.75, 3.05) is 11.9 Å². The van der Waals surface area contributed by atoms with Crippen LogP contribution in [-0.2, 0) is 0 Å². The second-order valence-corrected chi connectivity index (χ2v) is 4.73. The van der Waals surface area contributed by atoms with Gasteiger partial charge < -0.3 is 10.4 Å². The van der Waals surface area contributed by atoms with Crippen LogP contribution in [0.3, 0.4) is 0 Å². The summed E-state index contributed by atoms with van der Waals surface area (Å²) in [6.45, 7) is 4.22. The molecule has 102 valence electrons. The Balaban J connectivity index is 2.13. The molecule has 1 unspecified atom stereocenters. The first-order valence-corrected chi connectivity index (χ1v) is 6.26. The molecule has 7 nitrogen and oxygen atoms in total. The fourth-order valence-electron chi connectivity index (χ4n) is 1.34. The van der Waals surface area contributed by atoms with E-state index in [1.165, 1.54) is 0 Å². The highest BCUT2D eigenvalue weighted by Crippen LogP contribution is 2.10. The van der Waals surface area contributed by atoms with Gasteiger partial charge in [0, 0.05) is 18.9 Å². The molecule has 0 saturated heterocycles. The summed E-state index contributed by atoms with van der Waals surface area (Å²) in [5.41, 5.74) is 0. The number of halogens is 1. The molecule has 0 aliphatic heterocycles. The molecular formula is C11H15ClN6O. The van der Waals surface area contributed by atoms with Gasteiger partial charge in [0.1, 0.15) is 6.33 Å². The van der Waals surface area contributed by atoms with Gasteiger partial charge in [-0.15, -0.1) is 0 Å². The first kappa shape index (κ1) is 13.7. The van der Waals surface area contributed by atoms with Crippen molar-refractivity contribution in [3.8, 4) is 5.95 Å². The molecule has 19 heavy (non-hydrogen) atoms. The fourth-order valence-corrected chi connectivity index (χ4v) is 1.50. The van der Waals surface area contributed by atoms with E-state index in [1.54, 1.807) is 23.3 Å². The molecule has 2 rings (SSSR count). The van der Waals surface area contributed by atoms with Gasteiger partial charge in [-0.2, -0.15) is 15.0 Å². The summed E-state index contributed by atoms with van der Waals surface area (Å²) in [4.78, 5) is 16.1. The van der Waals surface area contributed by atoms with Crippen LogP contribution in [0.5, 0.6) is 0 Å². The zero-order valence-electron chi connectivity index (χ0n) is 10.7. The van der Waals surface area contributed by atoms with Crippen molar-refractivity contribution < 1.29 is 5.11 Å². The van der Waals surface area contributed by atoms with Crippen LogP contribution in [0.1, 0.15) is 13.8 Å². The van der Waals surface area contributed by atoms with Gasteiger partial charge in [-0.3, -0.25) is 4.57 Å². The molecule has 0 saturated carbocycles. The van der Waals surface area contributed by atoms with Crippen molar-refractivity contribution in [1.29, 1.82) is 0 Å². The van der Waals surface area contributed by atoms with Crippen LogP contribution in [0.2, 0.25) is 5.28 Å². The van der Waals surface area contributed by atoms with Gasteiger partial charge in [0.2, 0.25) is 17.2 Å².